The van der Waals surface area contributed by atoms with Gasteiger partial charge < -0.3 is 25.4 Å². The summed E-state index contributed by atoms with van der Waals surface area (Å²) in [5.41, 5.74) is 6.50. The highest BCUT2D eigenvalue weighted by molar-refractivity contribution is 9.09. The molecule has 3 atom stereocenters. The largest absolute Gasteiger partial charge is 0.465 e. The number of benzene rings is 1. The number of carbonyl (C=O) groups is 4. The fourth-order valence-electron chi connectivity index (χ4n) is 2.69. The van der Waals surface area contributed by atoms with E-state index in [-0.39, 0.29) is 38.4 Å². The van der Waals surface area contributed by atoms with Gasteiger partial charge >= 0.3 is 11.9 Å². The van der Waals surface area contributed by atoms with Crippen molar-refractivity contribution in [2.75, 3.05) is 19.0 Å². The summed E-state index contributed by atoms with van der Waals surface area (Å²) in [6.45, 7) is 3.79. The zero-order chi connectivity index (χ0) is 24.1. The van der Waals surface area contributed by atoms with E-state index in [1.807, 2.05) is 30.3 Å². The fourth-order valence-corrected chi connectivity index (χ4v) is 3.42. The summed E-state index contributed by atoms with van der Waals surface area (Å²) in [7, 11) is 0. The van der Waals surface area contributed by atoms with Crippen molar-refractivity contribution in [3.05, 3.63) is 35.9 Å². The van der Waals surface area contributed by atoms with Crippen LogP contribution >= 0.6 is 28.6 Å². The van der Waals surface area contributed by atoms with Crippen LogP contribution in [-0.2, 0) is 35.2 Å². The Morgan fingerprint density at radius 3 is 2.25 bits per heavy atom. The van der Waals surface area contributed by atoms with Crippen molar-refractivity contribution in [1.29, 1.82) is 0 Å². The number of amides is 2. The average Bonchev–Trinajstić information content (AvgIpc) is 2.79. The van der Waals surface area contributed by atoms with Gasteiger partial charge in [0.1, 0.15) is 12.1 Å². The molecule has 0 saturated carbocycles. The Labute approximate surface area is 201 Å². The van der Waals surface area contributed by atoms with Crippen LogP contribution in [0.1, 0.15) is 32.3 Å². The Morgan fingerprint density at radius 2 is 1.69 bits per heavy atom. The summed E-state index contributed by atoms with van der Waals surface area (Å²) in [6, 6.07) is 7.17. The lowest BCUT2D eigenvalue weighted by Crippen LogP contribution is -2.53. The maximum Gasteiger partial charge on any atom is 0.340 e. The quantitative estimate of drug-likeness (QED) is 0.152. The van der Waals surface area contributed by atoms with Crippen molar-refractivity contribution in [1.82, 2.24) is 10.2 Å². The third-order valence-corrected chi connectivity index (χ3v) is 5.55. The smallest absolute Gasteiger partial charge is 0.340 e. The molecule has 0 radical (unpaired) electrons. The topological polar surface area (TPSA) is 128 Å². The lowest BCUT2D eigenvalue weighted by atomic mass is 10.1. The summed E-state index contributed by atoms with van der Waals surface area (Å²) in [4.78, 5) is 49.7. The van der Waals surface area contributed by atoms with E-state index < -0.39 is 40.8 Å². The van der Waals surface area contributed by atoms with E-state index in [9.17, 15) is 19.2 Å². The normalized spacial score (nSPS) is 13.4. The van der Waals surface area contributed by atoms with E-state index in [2.05, 4.69) is 33.9 Å². The Balaban J connectivity index is 2.88. The first-order chi connectivity index (χ1) is 15.2. The highest BCUT2D eigenvalue weighted by atomic mass is 79.9. The predicted octanol–water partition coefficient (Wildman–Crippen LogP) is 1.38. The monoisotopic (exact) mass is 531 g/mol. The Morgan fingerprint density at radius 1 is 1.09 bits per heavy atom. The van der Waals surface area contributed by atoms with Crippen LogP contribution in [0, 0.1) is 0 Å². The Kier molecular flexibility index (Phi) is 13.0. The molecule has 3 unspecified atom stereocenters. The zero-order valence-electron chi connectivity index (χ0n) is 18.2. The summed E-state index contributed by atoms with van der Waals surface area (Å²) in [6.07, 6.45) is -0.0123. The van der Waals surface area contributed by atoms with Crippen LogP contribution in [-0.4, -0.2) is 64.7 Å². The number of alkyl halides is 1. The number of carbonyl (C=O) groups excluding carboxylic acids is 4. The third kappa shape index (κ3) is 9.17. The molecule has 1 aromatic carbocycles. The SMILES string of the molecule is CCOC(=O)C(N)CCC(=O)NC(CS)C(=O)N(Cc1ccccc1)C(Br)C(=O)OCC. The van der Waals surface area contributed by atoms with Crippen molar-refractivity contribution in [3.63, 3.8) is 0 Å². The van der Waals surface area contributed by atoms with E-state index in [1.54, 1.807) is 13.8 Å². The summed E-state index contributed by atoms with van der Waals surface area (Å²) in [5, 5.41) is 2.60. The number of esters is 2. The van der Waals surface area contributed by atoms with Crippen molar-refractivity contribution >= 4 is 52.3 Å². The van der Waals surface area contributed by atoms with E-state index in [0.717, 1.165) is 5.56 Å². The Bertz CT molecular complexity index is 767. The van der Waals surface area contributed by atoms with Gasteiger partial charge in [0.15, 0.2) is 4.95 Å². The van der Waals surface area contributed by atoms with E-state index in [1.165, 1.54) is 4.90 Å². The fraction of sp³-hybridized carbons (Fsp3) is 0.524. The average molecular weight is 532 g/mol. The minimum Gasteiger partial charge on any atom is -0.465 e. The third-order valence-electron chi connectivity index (χ3n) is 4.32. The lowest BCUT2D eigenvalue weighted by molar-refractivity contribution is -0.151. The highest BCUT2D eigenvalue weighted by Gasteiger charge is 2.33. The lowest BCUT2D eigenvalue weighted by Gasteiger charge is -2.30. The second kappa shape index (κ2) is 14.9. The van der Waals surface area contributed by atoms with Gasteiger partial charge in [-0.1, -0.05) is 46.3 Å². The van der Waals surface area contributed by atoms with Gasteiger partial charge in [0, 0.05) is 18.7 Å². The second-order valence-corrected chi connectivity index (χ2v) is 7.97. The predicted molar refractivity (Wildman–Crippen MR) is 126 cm³/mol. The minimum absolute atomic E-state index is 0.00232. The van der Waals surface area contributed by atoms with Gasteiger partial charge in [-0.15, -0.1) is 0 Å². The molecule has 2 amide bonds. The zero-order valence-corrected chi connectivity index (χ0v) is 20.6. The van der Waals surface area contributed by atoms with Gasteiger partial charge in [0.05, 0.1) is 13.2 Å². The molecule has 32 heavy (non-hydrogen) atoms. The Hall–Kier alpha value is -2.11. The van der Waals surface area contributed by atoms with Crippen molar-refractivity contribution in [2.24, 2.45) is 5.73 Å². The number of halogens is 1. The molecular formula is C21H30BrN3O6S. The van der Waals surface area contributed by atoms with Crippen molar-refractivity contribution in [3.8, 4) is 0 Å². The first-order valence-electron chi connectivity index (χ1n) is 10.2. The van der Waals surface area contributed by atoms with E-state index >= 15 is 0 Å². The molecule has 0 aliphatic rings. The van der Waals surface area contributed by atoms with Crippen LogP contribution in [0.3, 0.4) is 0 Å². The maximum absolute atomic E-state index is 13.2. The van der Waals surface area contributed by atoms with Gasteiger partial charge in [-0.05, 0) is 25.8 Å². The molecule has 0 fully saturated rings. The molecule has 9 nitrogen and oxygen atoms in total. The molecule has 0 spiro atoms. The first-order valence-corrected chi connectivity index (χ1v) is 11.8. The summed E-state index contributed by atoms with van der Waals surface area (Å²) >= 11 is 7.43. The molecular weight excluding hydrogens is 502 g/mol. The van der Waals surface area contributed by atoms with Crippen LogP contribution in [0.2, 0.25) is 0 Å². The standard InChI is InChI=1S/C21H30BrN3O6S/c1-3-30-20(28)15(23)10-11-17(26)24-16(13-32)19(27)25(18(22)21(29)31-4-2)12-14-8-6-5-7-9-14/h5-9,15-16,18,32H,3-4,10-13,23H2,1-2H3,(H,24,26). The number of nitrogens with one attached hydrogen (secondary N) is 1. The molecule has 0 saturated heterocycles. The highest BCUT2D eigenvalue weighted by Crippen LogP contribution is 2.17. The molecule has 11 heteroatoms. The number of nitrogens with zero attached hydrogens (tertiary/aromatic N) is 1. The van der Waals surface area contributed by atoms with Crippen molar-refractivity contribution in [2.45, 2.75) is 50.3 Å². The number of hydrogen-bond donors (Lipinski definition) is 3. The number of ether oxygens (including phenoxy) is 2. The van der Waals surface area contributed by atoms with Gasteiger partial charge in [-0.3, -0.25) is 14.4 Å². The molecule has 178 valence electrons. The number of thiol groups is 1. The number of rotatable bonds is 13. The van der Waals surface area contributed by atoms with Crippen LogP contribution in [0.15, 0.2) is 30.3 Å². The van der Waals surface area contributed by atoms with Gasteiger partial charge in [0.2, 0.25) is 11.8 Å². The van der Waals surface area contributed by atoms with Gasteiger partial charge in [-0.25, -0.2) is 4.79 Å². The number of hydrogen-bond acceptors (Lipinski definition) is 8. The molecule has 0 bridgehead atoms. The molecule has 0 aliphatic carbocycles. The van der Waals surface area contributed by atoms with Crippen LogP contribution in [0.4, 0.5) is 0 Å². The molecule has 0 aliphatic heterocycles. The van der Waals surface area contributed by atoms with Crippen LogP contribution < -0.4 is 11.1 Å². The van der Waals surface area contributed by atoms with Gasteiger partial charge in [-0.2, -0.15) is 12.6 Å². The molecule has 1 aromatic rings. The van der Waals surface area contributed by atoms with Crippen LogP contribution in [0.25, 0.3) is 0 Å². The molecule has 0 heterocycles. The summed E-state index contributed by atoms with van der Waals surface area (Å²) in [5.74, 6) is -2.20. The van der Waals surface area contributed by atoms with E-state index in [4.69, 9.17) is 15.2 Å². The van der Waals surface area contributed by atoms with E-state index in [0.29, 0.717) is 0 Å². The first kappa shape index (κ1) is 27.9. The number of nitrogens with two attached hydrogens (primary N) is 1. The summed E-state index contributed by atoms with van der Waals surface area (Å²) < 4.78 is 9.85. The van der Waals surface area contributed by atoms with Crippen LogP contribution in [0.5, 0.6) is 0 Å². The molecule has 1 rings (SSSR count). The minimum atomic E-state index is -1.05. The maximum atomic E-state index is 13.2. The van der Waals surface area contributed by atoms with Crippen molar-refractivity contribution < 1.29 is 28.7 Å². The molecule has 3 N–H and O–H groups in total. The van der Waals surface area contributed by atoms with Gasteiger partial charge in [0.25, 0.3) is 0 Å². The second-order valence-electron chi connectivity index (χ2n) is 6.74. The molecule has 0 aromatic heterocycles.